The molecule has 1 aromatic carbocycles. The summed E-state index contributed by atoms with van der Waals surface area (Å²) in [7, 11) is 0. The van der Waals surface area contributed by atoms with Gasteiger partial charge in [0.1, 0.15) is 5.76 Å². The van der Waals surface area contributed by atoms with Gasteiger partial charge < -0.3 is 14.8 Å². The van der Waals surface area contributed by atoms with Crippen LogP contribution in [0.1, 0.15) is 24.3 Å². The van der Waals surface area contributed by atoms with Gasteiger partial charge in [-0.2, -0.15) is 0 Å². The molecule has 2 bridgehead atoms. The van der Waals surface area contributed by atoms with E-state index in [9.17, 15) is 9.59 Å². The van der Waals surface area contributed by atoms with Crippen molar-refractivity contribution in [3.05, 3.63) is 41.8 Å². The fourth-order valence-electron chi connectivity index (χ4n) is 4.56. The van der Waals surface area contributed by atoms with Crippen LogP contribution in [0.15, 0.2) is 34.7 Å². The van der Waals surface area contributed by atoms with Crippen LogP contribution in [0.3, 0.4) is 0 Å². The van der Waals surface area contributed by atoms with Gasteiger partial charge in [-0.3, -0.25) is 14.5 Å². The second kappa shape index (κ2) is 7.75. The van der Waals surface area contributed by atoms with Crippen molar-refractivity contribution in [3.63, 3.8) is 0 Å². The van der Waals surface area contributed by atoms with Crippen LogP contribution in [-0.2, 0) is 16.0 Å². The summed E-state index contributed by atoms with van der Waals surface area (Å²) in [5.74, 6) is 0.985. The van der Waals surface area contributed by atoms with Crippen molar-refractivity contribution < 1.29 is 19.1 Å². The molecular formula is C21H25N3O4. The quantitative estimate of drug-likeness (QED) is 0.793. The minimum absolute atomic E-state index is 0.0513. The molecule has 2 fully saturated rings. The number of carbonyl (C=O) groups excluding carboxylic acids is 1. The lowest BCUT2D eigenvalue weighted by molar-refractivity contribution is -0.139. The average Bonchev–Trinajstić information content (AvgIpc) is 3.12. The summed E-state index contributed by atoms with van der Waals surface area (Å²) in [5.41, 5.74) is 1.55. The third kappa shape index (κ3) is 3.94. The Labute approximate surface area is 163 Å². The lowest BCUT2D eigenvalue weighted by atomic mass is 9.92. The first-order valence-electron chi connectivity index (χ1n) is 9.75. The molecule has 1 aliphatic heterocycles. The number of likely N-dealkylation sites (tertiary alicyclic amines) is 1. The van der Waals surface area contributed by atoms with Gasteiger partial charge in [0.25, 0.3) is 0 Å². The molecule has 3 atom stereocenters. The average molecular weight is 383 g/mol. The maximum Gasteiger partial charge on any atom is 0.317 e. The zero-order valence-corrected chi connectivity index (χ0v) is 15.9. The highest BCUT2D eigenvalue weighted by molar-refractivity contribution is 5.79. The van der Waals surface area contributed by atoms with E-state index in [0.29, 0.717) is 29.2 Å². The third-order valence-corrected chi connectivity index (χ3v) is 5.84. The van der Waals surface area contributed by atoms with E-state index in [1.165, 1.54) is 0 Å². The first-order chi connectivity index (χ1) is 13.5. The van der Waals surface area contributed by atoms with E-state index in [1.807, 2.05) is 42.2 Å². The van der Waals surface area contributed by atoms with E-state index in [2.05, 4.69) is 10.3 Å². The highest BCUT2D eigenvalue weighted by Gasteiger charge is 2.43. The van der Waals surface area contributed by atoms with E-state index < -0.39 is 5.97 Å². The molecule has 28 heavy (non-hydrogen) atoms. The topological polar surface area (TPSA) is 95.7 Å². The van der Waals surface area contributed by atoms with E-state index in [4.69, 9.17) is 9.52 Å². The summed E-state index contributed by atoms with van der Waals surface area (Å²) in [4.78, 5) is 30.1. The summed E-state index contributed by atoms with van der Waals surface area (Å²) in [6.07, 6.45) is 2.26. The molecule has 2 aliphatic rings. The van der Waals surface area contributed by atoms with Gasteiger partial charge in [-0.25, -0.2) is 4.98 Å². The number of nitrogens with one attached hydrogen (secondary N) is 1. The molecule has 148 valence electrons. The third-order valence-electron chi connectivity index (χ3n) is 5.84. The second-order valence-corrected chi connectivity index (χ2v) is 7.84. The summed E-state index contributed by atoms with van der Waals surface area (Å²) in [6, 6.07) is 9.76. The van der Waals surface area contributed by atoms with Crippen molar-refractivity contribution in [3.8, 4) is 11.5 Å². The zero-order valence-electron chi connectivity index (χ0n) is 15.9. The minimum Gasteiger partial charge on any atom is -0.480 e. The number of aromatic nitrogens is 1. The van der Waals surface area contributed by atoms with Crippen molar-refractivity contribution in [1.29, 1.82) is 0 Å². The Morgan fingerprint density at radius 1 is 1.21 bits per heavy atom. The van der Waals surface area contributed by atoms with Gasteiger partial charge in [0.15, 0.2) is 0 Å². The van der Waals surface area contributed by atoms with Crippen LogP contribution in [0.25, 0.3) is 11.5 Å². The van der Waals surface area contributed by atoms with Gasteiger partial charge in [-0.05, 0) is 43.7 Å². The fraction of sp³-hybridized carbons (Fsp3) is 0.476. The van der Waals surface area contributed by atoms with Crippen molar-refractivity contribution >= 4 is 11.9 Å². The number of hydrogen-bond acceptors (Lipinski definition) is 5. The largest absolute Gasteiger partial charge is 0.480 e. The Morgan fingerprint density at radius 2 is 1.89 bits per heavy atom. The Kier molecular flexibility index (Phi) is 5.17. The fourth-order valence-corrected chi connectivity index (χ4v) is 4.56. The van der Waals surface area contributed by atoms with Crippen LogP contribution < -0.4 is 5.32 Å². The number of amides is 1. The molecule has 1 saturated heterocycles. The summed E-state index contributed by atoms with van der Waals surface area (Å²) < 4.78 is 5.74. The molecule has 1 aliphatic carbocycles. The summed E-state index contributed by atoms with van der Waals surface area (Å²) >= 11 is 0. The number of benzene rings is 1. The smallest absolute Gasteiger partial charge is 0.317 e. The number of oxazole rings is 1. The molecule has 7 nitrogen and oxygen atoms in total. The van der Waals surface area contributed by atoms with Gasteiger partial charge in [-0.1, -0.05) is 18.2 Å². The predicted molar refractivity (Wildman–Crippen MR) is 103 cm³/mol. The Morgan fingerprint density at radius 3 is 2.54 bits per heavy atom. The highest BCUT2D eigenvalue weighted by atomic mass is 16.4. The minimum atomic E-state index is -0.794. The first-order valence-corrected chi connectivity index (χ1v) is 9.75. The zero-order chi connectivity index (χ0) is 19.7. The van der Waals surface area contributed by atoms with Gasteiger partial charge in [0.2, 0.25) is 11.8 Å². The first kappa shape index (κ1) is 18.7. The number of rotatable bonds is 6. The van der Waals surface area contributed by atoms with Crippen molar-refractivity contribution in [1.82, 2.24) is 15.2 Å². The second-order valence-electron chi connectivity index (χ2n) is 7.84. The number of carboxylic acids is 1. The van der Waals surface area contributed by atoms with Crippen LogP contribution in [0.4, 0.5) is 0 Å². The SMILES string of the molecule is Cc1oc(-c2ccccc2)nc1CC(=O)NC1[C@@H]2CC[C@H]1CN(CC(=O)O)C2. The Balaban J connectivity index is 1.38. The molecule has 2 N–H and O–H groups in total. The number of carbonyl (C=O) groups is 2. The molecule has 7 heteroatoms. The number of hydrogen-bond donors (Lipinski definition) is 2. The van der Waals surface area contributed by atoms with Crippen LogP contribution >= 0.6 is 0 Å². The molecule has 1 aromatic heterocycles. The molecule has 1 saturated carbocycles. The standard InChI is InChI=1S/C21H25N3O4/c1-13-17(22-21(28-13)14-5-3-2-4-6-14)9-18(25)23-20-15-7-8-16(20)11-24(10-15)12-19(26)27/h2-6,15-16,20H,7-12H2,1H3,(H,23,25)(H,26,27)/t15-,16+,20?. The van der Waals surface area contributed by atoms with Crippen LogP contribution in [-0.4, -0.2) is 52.5 Å². The molecular weight excluding hydrogens is 358 g/mol. The maximum atomic E-state index is 12.7. The van der Waals surface area contributed by atoms with Crippen LogP contribution in [0.5, 0.6) is 0 Å². The van der Waals surface area contributed by atoms with Crippen LogP contribution in [0.2, 0.25) is 0 Å². The molecule has 1 amide bonds. The van der Waals surface area contributed by atoms with Crippen LogP contribution in [0, 0.1) is 18.8 Å². The predicted octanol–water partition coefficient (Wildman–Crippen LogP) is 2.10. The lowest BCUT2D eigenvalue weighted by Gasteiger charge is -2.37. The van der Waals surface area contributed by atoms with E-state index in [1.54, 1.807) is 0 Å². The number of carboxylic acid groups (broad SMARTS) is 1. The molecule has 4 rings (SSSR count). The van der Waals surface area contributed by atoms with E-state index in [0.717, 1.165) is 31.5 Å². The number of aliphatic carboxylic acids is 1. The maximum absolute atomic E-state index is 12.7. The number of aryl methyl sites for hydroxylation is 1. The van der Waals surface area contributed by atoms with Gasteiger partial charge in [0.05, 0.1) is 18.7 Å². The molecule has 0 spiro atoms. The molecule has 0 radical (unpaired) electrons. The normalized spacial score (nSPS) is 24.2. The van der Waals surface area contributed by atoms with Gasteiger partial charge in [0, 0.05) is 24.7 Å². The number of piperidine rings is 1. The molecule has 2 heterocycles. The summed E-state index contributed by atoms with van der Waals surface area (Å²) in [5, 5.41) is 12.2. The van der Waals surface area contributed by atoms with E-state index in [-0.39, 0.29) is 24.9 Å². The molecule has 2 aromatic rings. The highest BCUT2D eigenvalue weighted by Crippen LogP contribution is 2.37. The van der Waals surface area contributed by atoms with Crippen molar-refractivity contribution in [2.45, 2.75) is 32.2 Å². The molecule has 1 unspecified atom stereocenters. The number of nitrogens with zero attached hydrogens (tertiary/aromatic N) is 2. The Hall–Kier alpha value is -2.67. The lowest BCUT2D eigenvalue weighted by Crippen LogP contribution is -2.53. The van der Waals surface area contributed by atoms with Gasteiger partial charge >= 0.3 is 5.97 Å². The van der Waals surface area contributed by atoms with Crippen molar-refractivity contribution in [2.75, 3.05) is 19.6 Å². The Bertz CT molecular complexity index is 850. The van der Waals surface area contributed by atoms with E-state index >= 15 is 0 Å². The number of fused-ring (bicyclic) bond motifs is 2. The summed E-state index contributed by atoms with van der Waals surface area (Å²) in [6.45, 7) is 3.37. The van der Waals surface area contributed by atoms with Crippen molar-refractivity contribution in [2.24, 2.45) is 11.8 Å². The monoisotopic (exact) mass is 383 g/mol. The van der Waals surface area contributed by atoms with Gasteiger partial charge in [-0.15, -0.1) is 0 Å².